The standard InChI is InChI=1S/C25H14NO.C13H24O2.Ir/c1-2-6-16(7-3-1)18-12-13-19-15-26-24-20-10-4-8-17-9-5-11-22(23(17)20)27-25(24)21(19)14-18;1-5-10(6-2)12(14)9-13(15)11(7-3)8-4;/h1-9,11-15H;9-11,14H,5-8H2,1-4H3;/q-1;;/b;12-9-;. The van der Waals surface area contributed by atoms with E-state index >= 15 is 0 Å². The van der Waals surface area contributed by atoms with Gasteiger partial charge >= 0.3 is 0 Å². The van der Waals surface area contributed by atoms with Gasteiger partial charge in [-0.1, -0.05) is 93.1 Å². The van der Waals surface area contributed by atoms with Gasteiger partial charge in [-0.2, -0.15) is 0 Å². The Morgan fingerprint density at radius 2 is 1.58 bits per heavy atom. The van der Waals surface area contributed by atoms with Gasteiger partial charge in [0.05, 0.1) is 11.5 Å². The van der Waals surface area contributed by atoms with Crippen LogP contribution in [0.15, 0.2) is 96.9 Å². The maximum Gasteiger partial charge on any atom is 0.162 e. The van der Waals surface area contributed by atoms with E-state index in [-0.39, 0.29) is 43.5 Å². The van der Waals surface area contributed by atoms with Crippen molar-refractivity contribution in [3.8, 4) is 33.9 Å². The van der Waals surface area contributed by atoms with Crippen molar-refractivity contribution in [2.45, 2.75) is 53.4 Å². The van der Waals surface area contributed by atoms with Gasteiger partial charge in [0.15, 0.2) is 5.78 Å². The second kappa shape index (κ2) is 14.6. The summed E-state index contributed by atoms with van der Waals surface area (Å²) in [6.45, 7) is 8.07. The number of allylic oxidation sites excluding steroid dienone is 2. The van der Waals surface area contributed by atoms with E-state index in [9.17, 15) is 9.90 Å². The Hall–Kier alpha value is -3.79. The van der Waals surface area contributed by atoms with Gasteiger partial charge in [-0.3, -0.25) is 4.79 Å². The zero-order chi connectivity index (χ0) is 29.6. The van der Waals surface area contributed by atoms with Crippen LogP contribution in [-0.4, -0.2) is 15.9 Å². The molecule has 0 saturated carbocycles. The Labute approximate surface area is 268 Å². The van der Waals surface area contributed by atoms with E-state index in [0.29, 0.717) is 0 Å². The molecule has 0 atom stereocenters. The third-order valence-corrected chi connectivity index (χ3v) is 8.28. The van der Waals surface area contributed by atoms with Crippen LogP contribution in [0.1, 0.15) is 53.4 Å². The van der Waals surface area contributed by atoms with Crippen molar-refractivity contribution in [2.24, 2.45) is 11.8 Å². The summed E-state index contributed by atoms with van der Waals surface area (Å²) in [5, 5.41) is 14.1. The Balaban J connectivity index is 0.000000230. The molecule has 43 heavy (non-hydrogen) atoms. The molecule has 0 amide bonds. The topological polar surface area (TPSA) is 59.4 Å². The molecule has 1 aliphatic heterocycles. The molecule has 4 nitrogen and oxygen atoms in total. The van der Waals surface area contributed by atoms with Crippen molar-refractivity contribution in [3.63, 3.8) is 0 Å². The molecule has 6 rings (SSSR count). The van der Waals surface area contributed by atoms with E-state index in [1.165, 1.54) is 17.2 Å². The number of aliphatic hydroxyl groups is 1. The minimum Gasteiger partial charge on any atom is -0.512 e. The van der Waals surface area contributed by atoms with Crippen LogP contribution in [0.4, 0.5) is 0 Å². The molecule has 1 aliphatic rings. The van der Waals surface area contributed by atoms with Crippen LogP contribution in [0, 0.1) is 17.9 Å². The largest absolute Gasteiger partial charge is 0.512 e. The minimum atomic E-state index is 0. The number of hydrogen-bond acceptors (Lipinski definition) is 4. The van der Waals surface area contributed by atoms with Gasteiger partial charge in [-0.15, -0.1) is 23.8 Å². The molecule has 223 valence electrons. The summed E-state index contributed by atoms with van der Waals surface area (Å²) in [5.74, 6) is 2.23. The summed E-state index contributed by atoms with van der Waals surface area (Å²) in [5.41, 5.74) is 4.23. The number of ketones is 1. The van der Waals surface area contributed by atoms with E-state index < -0.39 is 0 Å². The third kappa shape index (κ3) is 6.74. The monoisotopic (exact) mass is 749 g/mol. The quantitative estimate of drug-likeness (QED) is 0.0957. The van der Waals surface area contributed by atoms with Crippen molar-refractivity contribution < 1.29 is 34.7 Å². The Morgan fingerprint density at radius 1 is 0.860 bits per heavy atom. The summed E-state index contributed by atoms with van der Waals surface area (Å²) in [4.78, 5) is 16.4. The number of carbonyl (C=O) groups is 1. The van der Waals surface area contributed by atoms with Crippen LogP contribution >= 0.6 is 0 Å². The summed E-state index contributed by atoms with van der Waals surface area (Å²) in [6, 6.07) is 30.4. The van der Waals surface area contributed by atoms with E-state index in [2.05, 4.69) is 60.7 Å². The zero-order valence-corrected chi connectivity index (χ0v) is 27.6. The number of fused-ring (bicyclic) bond motifs is 4. The second-order valence-corrected chi connectivity index (χ2v) is 10.8. The Bertz CT molecular complexity index is 1730. The first-order chi connectivity index (χ1) is 20.5. The van der Waals surface area contributed by atoms with Gasteiger partial charge in [-0.05, 0) is 48.9 Å². The molecule has 0 fully saturated rings. The normalized spacial score (nSPS) is 11.9. The first-order valence-electron chi connectivity index (χ1n) is 15.0. The number of ether oxygens (including phenoxy) is 1. The molecule has 5 heteroatoms. The van der Waals surface area contributed by atoms with E-state index in [4.69, 9.17) is 9.72 Å². The summed E-state index contributed by atoms with van der Waals surface area (Å²) in [6.07, 6.45) is 6.83. The van der Waals surface area contributed by atoms with Crippen LogP contribution in [-0.2, 0) is 24.9 Å². The van der Waals surface area contributed by atoms with Crippen molar-refractivity contribution in [3.05, 3.63) is 103 Å². The van der Waals surface area contributed by atoms with Crippen molar-refractivity contribution in [1.82, 2.24) is 4.98 Å². The van der Waals surface area contributed by atoms with E-state index in [0.717, 1.165) is 70.0 Å². The predicted octanol–water partition coefficient (Wildman–Crippen LogP) is 10.5. The van der Waals surface area contributed by atoms with E-state index in [1.54, 1.807) is 0 Å². The molecule has 1 N–H and O–H groups in total. The van der Waals surface area contributed by atoms with E-state index in [1.807, 2.05) is 58.2 Å². The first kappa shape index (κ1) is 32.1. The van der Waals surface area contributed by atoms with Crippen molar-refractivity contribution in [1.29, 1.82) is 0 Å². The third-order valence-electron chi connectivity index (χ3n) is 8.28. The number of benzene rings is 4. The molecule has 5 aromatic rings. The molecule has 0 saturated heterocycles. The summed E-state index contributed by atoms with van der Waals surface area (Å²) < 4.78 is 6.37. The minimum absolute atomic E-state index is 0. The summed E-state index contributed by atoms with van der Waals surface area (Å²) in [7, 11) is 0. The van der Waals surface area contributed by atoms with Crippen LogP contribution in [0.2, 0.25) is 0 Å². The molecule has 2 heterocycles. The van der Waals surface area contributed by atoms with Crippen LogP contribution in [0.25, 0.3) is 43.9 Å². The number of aliphatic hydroxyl groups excluding tert-OH is 1. The number of hydrogen-bond donors (Lipinski definition) is 1. The van der Waals surface area contributed by atoms with Crippen LogP contribution in [0.3, 0.4) is 0 Å². The molecule has 0 unspecified atom stereocenters. The molecule has 1 aromatic heterocycles. The van der Waals surface area contributed by atoms with Crippen LogP contribution in [0.5, 0.6) is 11.5 Å². The Kier molecular flexibility index (Phi) is 10.9. The van der Waals surface area contributed by atoms with Gasteiger partial charge in [-0.25, -0.2) is 0 Å². The number of carbonyl (C=O) groups excluding carboxylic acids is 1. The van der Waals surface area contributed by atoms with Crippen molar-refractivity contribution >= 4 is 27.3 Å². The first-order valence-corrected chi connectivity index (χ1v) is 15.0. The van der Waals surface area contributed by atoms with Crippen LogP contribution < -0.4 is 4.74 Å². The molecular weight excluding hydrogens is 711 g/mol. The fourth-order valence-electron chi connectivity index (χ4n) is 5.68. The molecule has 4 aromatic carbocycles. The maximum absolute atomic E-state index is 11.7. The summed E-state index contributed by atoms with van der Waals surface area (Å²) >= 11 is 0. The number of nitrogens with zero attached hydrogens (tertiary/aromatic N) is 1. The number of rotatable bonds is 8. The SMILES string of the molecule is CCC(CC)C(=O)/C=C(\O)C(CC)CC.[Ir].[c-]1ccc2cccc3c2c1-c1ncc2ccc(-c4ccccc4)cc2c1O3. The van der Waals surface area contributed by atoms with Gasteiger partial charge in [0, 0.05) is 60.7 Å². The fourth-order valence-corrected chi connectivity index (χ4v) is 5.68. The Morgan fingerprint density at radius 3 is 2.28 bits per heavy atom. The van der Waals surface area contributed by atoms with Gasteiger partial charge in [0.1, 0.15) is 5.75 Å². The second-order valence-electron chi connectivity index (χ2n) is 10.8. The zero-order valence-electron chi connectivity index (χ0n) is 25.2. The average molecular weight is 749 g/mol. The smallest absolute Gasteiger partial charge is 0.162 e. The molecule has 0 bridgehead atoms. The van der Waals surface area contributed by atoms with Crippen molar-refractivity contribution in [2.75, 3.05) is 0 Å². The van der Waals surface area contributed by atoms with Gasteiger partial charge in [0.2, 0.25) is 0 Å². The molecular formula is C38H38IrNO3-. The number of aromatic nitrogens is 1. The predicted molar refractivity (Wildman–Crippen MR) is 173 cm³/mol. The average Bonchev–Trinajstić information content (AvgIpc) is 3.03. The molecule has 0 aliphatic carbocycles. The fraction of sp³-hybridized carbons (Fsp3) is 0.263. The van der Waals surface area contributed by atoms with Gasteiger partial charge < -0.3 is 14.8 Å². The molecule has 0 spiro atoms. The molecule has 1 radical (unpaired) electrons. The number of pyridine rings is 1. The maximum atomic E-state index is 11.7. The van der Waals surface area contributed by atoms with Gasteiger partial charge in [0.25, 0.3) is 0 Å².